The summed E-state index contributed by atoms with van der Waals surface area (Å²) in [7, 11) is 0. The Kier molecular flexibility index (Phi) is 5.38. The second kappa shape index (κ2) is 5.46. The van der Waals surface area contributed by atoms with Gasteiger partial charge in [-0.2, -0.15) is 11.8 Å². The van der Waals surface area contributed by atoms with Crippen molar-refractivity contribution in [3.63, 3.8) is 0 Å². The van der Waals surface area contributed by atoms with E-state index < -0.39 is 0 Å². The highest BCUT2D eigenvalue weighted by Crippen LogP contribution is 2.20. The fourth-order valence-electron chi connectivity index (χ4n) is 0.692. The quantitative estimate of drug-likeness (QED) is 0.531. The predicted molar refractivity (Wildman–Crippen MR) is 59.0 cm³/mol. The maximum Gasteiger partial charge on any atom is 0.0937 e. The van der Waals surface area contributed by atoms with Gasteiger partial charge in [-0.15, -0.1) is 0 Å². The minimum absolute atomic E-state index is 0.221. The number of hydrogen-bond donors (Lipinski definition) is 1. The van der Waals surface area contributed by atoms with E-state index in [1.54, 1.807) is 0 Å². The number of amidine groups is 1. The first-order valence-electron chi connectivity index (χ1n) is 4.36. The third-order valence-electron chi connectivity index (χ3n) is 1.72. The van der Waals surface area contributed by atoms with Gasteiger partial charge in [0, 0.05) is 11.2 Å². The lowest BCUT2D eigenvalue weighted by Crippen LogP contribution is -2.21. The lowest BCUT2D eigenvalue weighted by Gasteiger charge is -2.19. The number of nitrogens with zero attached hydrogens (tertiary/aromatic N) is 1. The lowest BCUT2D eigenvalue weighted by molar-refractivity contribution is 0.723. The van der Waals surface area contributed by atoms with Gasteiger partial charge in [0.1, 0.15) is 0 Å². The van der Waals surface area contributed by atoms with E-state index in [1.165, 1.54) is 0 Å². The van der Waals surface area contributed by atoms with E-state index in [-0.39, 0.29) is 4.75 Å². The number of rotatable bonds is 5. The smallest absolute Gasteiger partial charge is 0.0937 e. The second-order valence-electron chi connectivity index (χ2n) is 3.52. The van der Waals surface area contributed by atoms with Gasteiger partial charge in [-0.1, -0.05) is 6.92 Å². The minimum atomic E-state index is 0.221. The summed E-state index contributed by atoms with van der Waals surface area (Å²) in [4.78, 5) is 4.33. The first-order chi connectivity index (χ1) is 5.52. The van der Waals surface area contributed by atoms with Crippen molar-refractivity contribution in [2.45, 2.75) is 38.4 Å². The Labute approximate surface area is 80.0 Å². The van der Waals surface area contributed by atoms with Crippen LogP contribution in [0.25, 0.3) is 0 Å². The van der Waals surface area contributed by atoms with Crippen LogP contribution in [0.15, 0.2) is 4.99 Å². The Morgan fingerprint density at radius 1 is 1.50 bits per heavy atom. The summed E-state index contributed by atoms with van der Waals surface area (Å²) in [5, 5.41) is 0. The average molecular weight is 188 g/mol. The zero-order valence-corrected chi connectivity index (χ0v) is 9.37. The zero-order chi connectivity index (χ0) is 9.61. The van der Waals surface area contributed by atoms with E-state index in [1.807, 2.05) is 11.8 Å². The molecular formula is C9H20N2S. The molecule has 72 valence electrons. The molecule has 2 N–H and O–H groups in total. The number of nitrogens with two attached hydrogens (primary N) is 1. The Morgan fingerprint density at radius 2 is 2.08 bits per heavy atom. The third kappa shape index (κ3) is 5.47. The summed E-state index contributed by atoms with van der Waals surface area (Å²) in [6.45, 7) is 7.29. The van der Waals surface area contributed by atoms with E-state index in [0.717, 1.165) is 25.2 Å². The summed E-state index contributed by atoms with van der Waals surface area (Å²) >= 11 is 1.82. The van der Waals surface area contributed by atoms with Crippen LogP contribution in [0.1, 0.15) is 33.6 Å². The van der Waals surface area contributed by atoms with Crippen molar-refractivity contribution in [3.8, 4) is 0 Å². The fourth-order valence-corrected chi connectivity index (χ4v) is 0.885. The molecule has 0 aromatic heterocycles. The summed E-state index contributed by atoms with van der Waals surface area (Å²) in [5.74, 6) is 0.791. The third-order valence-corrected chi connectivity index (χ3v) is 2.96. The molecule has 0 amide bonds. The molecule has 0 heterocycles. The van der Waals surface area contributed by atoms with Gasteiger partial charge in [-0.25, -0.2) is 0 Å². The van der Waals surface area contributed by atoms with Crippen LogP contribution in [0.3, 0.4) is 0 Å². The van der Waals surface area contributed by atoms with Crippen molar-refractivity contribution in [1.82, 2.24) is 0 Å². The second-order valence-corrected chi connectivity index (χ2v) is 5.03. The van der Waals surface area contributed by atoms with Gasteiger partial charge in [0.2, 0.25) is 0 Å². The van der Waals surface area contributed by atoms with E-state index in [2.05, 4.69) is 32.0 Å². The maximum atomic E-state index is 5.69. The van der Waals surface area contributed by atoms with Crippen molar-refractivity contribution in [2.24, 2.45) is 10.7 Å². The molecule has 0 atom stereocenters. The number of aliphatic imine (C=N–C) groups is 1. The molecule has 0 saturated heterocycles. The molecule has 0 aliphatic rings. The maximum absolute atomic E-state index is 5.69. The van der Waals surface area contributed by atoms with E-state index in [4.69, 9.17) is 5.73 Å². The SMILES string of the molecule is CCCC(N)=NCC(C)(C)SC. The van der Waals surface area contributed by atoms with E-state index in [9.17, 15) is 0 Å². The van der Waals surface area contributed by atoms with E-state index >= 15 is 0 Å². The predicted octanol–water partition coefficient (Wildman–Crippen LogP) is 2.29. The van der Waals surface area contributed by atoms with Gasteiger partial charge in [-0.3, -0.25) is 4.99 Å². The molecule has 0 aliphatic heterocycles. The molecule has 0 aliphatic carbocycles. The Morgan fingerprint density at radius 3 is 2.50 bits per heavy atom. The topological polar surface area (TPSA) is 38.4 Å². The highest BCUT2D eigenvalue weighted by Gasteiger charge is 2.14. The van der Waals surface area contributed by atoms with Crippen LogP contribution < -0.4 is 5.73 Å². The van der Waals surface area contributed by atoms with Gasteiger partial charge in [0.05, 0.1) is 12.4 Å². The largest absolute Gasteiger partial charge is 0.387 e. The van der Waals surface area contributed by atoms with Crippen LogP contribution in [-0.2, 0) is 0 Å². The van der Waals surface area contributed by atoms with Crippen molar-refractivity contribution in [3.05, 3.63) is 0 Å². The molecule has 0 saturated carbocycles. The zero-order valence-electron chi connectivity index (χ0n) is 8.55. The highest BCUT2D eigenvalue weighted by atomic mass is 32.2. The molecule has 12 heavy (non-hydrogen) atoms. The summed E-state index contributed by atoms with van der Waals surface area (Å²) in [5.41, 5.74) is 5.69. The summed E-state index contributed by atoms with van der Waals surface area (Å²) in [6.07, 6.45) is 4.10. The summed E-state index contributed by atoms with van der Waals surface area (Å²) < 4.78 is 0.221. The van der Waals surface area contributed by atoms with Crippen molar-refractivity contribution in [1.29, 1.82) is 0 Å². The van der Waals surface area contributed by atoms with Crippen LogP contribution in [0.2, 0.25) is 0 Å². The first kappa shape index (κ1) is 11.8. The van der Waals surface area contributed by atoms with Gasteiger partial charge < -0.3 is 5.73 Å². The minimum Gasteiger partial charge on any atom is -0.387 e. The molecule has 0 spiro atoms. The van der Waals surface area contributed by atoms with Gasteiger partial charge in [-0.05, 0) is 26.5 Å². The molecule has 0 radical (unpaired) electrons. The Balaban J connectivity index is 3.86. The first-order valence-corrected chi connectivity index (χ1v) is 5.58. The lowest BCUT2D eigenvalue weighted by atomic mass is 10.2. The van der Waals surface area contributed by atoms with Gasteiger partial charge in [0.15, 0.2) is 0 Å². The molecular weight excluding hydrogens is 168 g/mol. The number of hydrogen-bond acceptors (Lipinski definition) is 2. The van der Waals surface area contributed by atoms with Crippen molar-refractivity contribution < 1.29 is 0 Å². The normalized spacial score (nSPS) is 13.5. The molecule has 0 fully saturated rings. The van der Waals surface area contributed by atoms with Gasteiger partial charge in [0.25, 0.3) is 0 Å². The van der Waals surface area contributed by atoms with Crippen LogP contribution in [0.4, 0.5) is 0 Å². The average Bonchev–Trinajstić information content (AvgIpc) is 2.02. The highest BCUT2D eigenvalue weighted by molar-refractivity contribution is 7.99. The van der Waals surface area contributed by atoms with Crippen LogP contribution in [0, 0.1) is 0 Å². The molecule has 0 rings (SSSR count). The van der Waals surface area contributed by atoms with Crippen LogP contribution >= 0.6 is 11.8 Å². The van der Waals surface area contributed by atoms with E-state index in [0.29, 0.717) is 0 Å². The molecule has 2 nitrogen and oxygen atoms in total. The van der Waals surface area contributed by atoms with Crippen molar-refractivity contribution in [2.75, 3.05) is 12.8 Å². The standard InChI is InChI=1S/C9H20N2S/c1-5-6-8(10)11-7-9(2,3)12-4/h5-7H2,1-4H3,(H2,10,11). The Bertz CT molecular complexity index is 153. The number of thioether (sulfide) groups is 1. The van der Waals surface area contributed by atoms with Crippen molar-refractivity contribution >= 4 is 17.6 Å². The van der Waals surface area contributed by atoms with Crippen LogP contribution in [-0.4, -0.2) is 23.4 Å². The monoisotopic (exact) mass is 188 g/mol. The molecule has 0 aromatic rings. The molecule has 0 aromatic carbocycles. The van der Waals surface area contributed by atoms with Crippen LogP contribution in [0.5, 0.6) is 0 Å². The molecule has 0 unspecified atom stereocenters. The van der Waals surface area contributed by atoms with Gasteiger partial charge >= 0.3 is 0 Å². The molecule has 0 bridgehead atoms. The molecule has 3 heteroatoms. The Hall–Kier alpha value is -0.180. The summed E-state index contributed by atoms with van der Waals surface area (Å²) in [6, 6.07) is 0. The fraction of sp³-hybridized carbons (Fsp3) is 0.889.